The summed E-state index contributed by atoms with van der Waals surface area (Å²) in [6.07, 6.45) is 4.34. The Balaban J connectivity index is 1.52. The van der Waals surface area contributed by atoms with Crippen LogP contribution in [0.5, 0.6) is 0 Å². The molecule has 0 radical (unpaired) electrons. The molecule has 3 rings (SSSR count). The molecule has 2 fully saturated rings. The first-order valence-electron chi connectivity index (χ1n) is 8.03. The van der Waals surface area contributed by atoms with Gasteiger partial charge in [0.15, 0.2) is 6.10 Å². The van der Waals surface area contributed by atoms with Crippen LogP contribution in [0, 0.1) is 0 Å². The van der Waals surface area contributed by atoms with Crippen LogP contribution in [0.25, 0.3) is 0 Å². The number of aromatic amines is 1. The number of aliphatic hydroxyl groups is 1. The summed E-state index contributed by atoms with van der Waals surface area (Å²) in [5.41, 5.74) is 0.460. The van der Waals surface area contributed by atoms with Gasteiger partial charge in [0, 0.05) is 38.8 Å². The number of likely N-dealkylation sites (N-methyl/N-ethyl adjacent to an activating group) is 1. The summed E-state index contributed by atoms with van der Waals surface area (Å²) in [4.78, 5) is 25.6. The van der Waals surface area contributed by atoms with E-state index >= 15 is 0 Å². The zero-order chi connectivity index (χ0) is 15.5. The van der Waals surface area contributed by atoms with Crippen LogP contribution < -0.4 is 0 Å². The Bertz CT molecular complexity index is 484. The minimum Gasteiger partial charge on any atom is -0.377 e. The normalized spacial score (nSPS) is 26.1. The zero-order valence-corrected chi connectivity index (χ0v) is 13.1. The quantitative estimate of drug-likeness (QED) is 0.800. The fourth-order valence-electron chi connectivity index (χ4n) is 3.47. The first kappa shape index (κ1) is 15.5. The molecule has 7 nitrogen and oxygen atoms in total. The van der Waals surface area contributed by atoms with Gasteiger partial charge in [0.1, 0.15) is 0 Å². The first-order chi connectivity index (χ1) is 10.6. The highest BCUT2D eigenvalue weighted by Gasteiger charge is 2.31. The lowest BCUT2D eigenvalue weighted by Crippen LogP contribution is -2.56. The maximum absolute atomic E-state index is 12.3. The predicted molar refractivity (Wildman–Crippen MR) is 82.2 cm³/mol. The highest BCUT2D eigenvalue weighted by atomic mass is 16.3. The third-order valence-corrected chi connectivity index (χ3v) is 4.79. The minimum atomic E-state index is -1.13. The molecule has 2 atom stereocenters. The van der Waals surface area contributed by atoms with Crippen molar-refractivity contribution in [2.75, 3.05) is 46.3 Å². The van der Waals surface area contributed by atoms with Gasteiger partial charge in [0.2, 0.25) is 0 Å². The molecule has 0 aliphatic carbocycles. The molecule has 2 N–H and O–H groups in total. The molecule has 1 aromatic rings. The number of likely N-dealkylation sites (tertiary alicyclic amines) is 1. The zero-order valence-electron chi connectivity index (χ0n) is 13.1. The largest absolute Gasteiger partial charge is 0.377 e. The van der Waals surface area contributed by atoms with E-state index in [1.807, 2.05) is 0 Å². The highest BCUT2D eigenvalue weighted by Crippen LogP contribution is 2.19. The maximum atomic E-state index is 12.3. The summed E-state index contributed by atoms with van der Waals surface area (Å²) in [5.74, 6) is -0.232. The van der Waals surface area contributed by atoms with Crippen LogP contribution in [-0.2, 0) is 4.79 Å². The van der Waals surface area contributed by atoms with Gasteiger partial charge in [-0.2, -0.15) is 0 Å². The second-order valence-electron chi connectivity index (χ2n) is 6.33. The Labute approximate surface area is 130 Å². The van der Waals surface area contributed by atoms with Gasteiger partial charge in [-0.1, -0.05) is 0 Å². The molecule has 0 bridgehead atoms. The van der Waals surface area contributed by atoms with Crippen molar-refractivity contribution in [3.05, 3.63) is 18.2 Å². The number of aliphatic hydroxyl groups excluding tert-OH is 1. The van der Waals surface area contributed by atoms with E-state index in [2.05, 4.69) is 26.8 Å². The SMILES string of the molecule is CN1CCCC(N2CCN(C(=O)C(O)c3cnc[nH]3)CC2)C1. The van der Waals surface area contributed by atoms with Gasteiger partial charge >= 0.3 is 0 Å². The lowest BCUT2D eigenvalue weighted by Gasteiger charge is -2.42. The van der Waals surface area contributed by atoms with Crippen LogP contribution in [0.15, 0.2) is 12.5 Å². The van der Waals surface area contributed by atoms with Crippen LogP contribution >= 0.6 is 0 Å². The van der Waals surface area contributed by atoms with E-state index < -0.39 is 6.10 Å². The number of hydrogen-bond donors (Lipinski definition) is 2. The number of nitrogens with zero attached hydrogens (tertiary/aromatic N) is 4. The molecule has 2 aliphatic heterocycles. The average Bonchev–Trinajstić information content (AvgIpc) is 3.08. The van der Waals surface area contributed by atoms with Crippen molar-refractivity contribution in [1.29, 1.82) is 0 Å². The number of nitrogens with one attached hydrogen (secondary N) is 1. The molecule has 122 valence electrons. The molecule has 2 aliphatic rings. The van der Waals surface area contributed by atoms with Gasteiger partial charge in [0.05, 0.1) is 18.2 Å². The molecule has 1 amide bonds. The van der Waals surface area contributed by atoms with Crippen molar-refractivity contribution >= 4 is 5.91 Å². The summed E-state index contributed by atoms with van der Waals surface area (Å²) >= 11 is 0. The van der Waals surface area contributed by atoms with Crippen molar-refractivity contribution < 1.29 is 9.90 Å². The number of piperazine rings is 1. The van der Waals surface area contributed by atoms with Crippen LogP contribution in [-0.4, -0.2) is 88.0 Å². The van der Waals surface area contributed by atoms with Crippen molar-refractivity contribution in [2.45, 2.75) is 25.0 Å². The van der Waals surface area contributed by atoms with Crippen molar-refractivity contribution in [3.63, 3.8) is 0 Å². The number of aromatic nitrogens is 2. The third kappa shape index (κ3) is 3.31. The number of piperidine rings is 1. The number of carbonyl (C=O) groups is 1. The monoisotopic (exact) mass is 307 g/mol. The molecule has 1 aromatic heterocycles. The topological polar surface area (TPSA) is 75.7 Å². The number of rotatable bonds is 3. The van der Waals surface area contributed by atoms with Crippen molar-refractivity contribution in [3.8, 4) is 0 Å². The van der Waals surface area contributed by atoms with E-state index in [-0.39, 0.29) is 5.91 Å². The Morgan fingerprint density at radius 1 is 1.36 bits per heavy atom. The smallest absolute Gasteiger partial charge is 0.257 e. The lowest BCUT2D eigenvalue weighted by molar-refractivity contribution is -0.143. The van der Waals surface area contributed by atoms with E-state index in [9.17, 15) is 9.90 Å². The Morgan fingerprint density at radius 3 is 2.77 bits per heavy atom. The summed E-state index contributed by atoms with van der Waals surface area (Å²) < 4.78 is 0. The molecule has 0 spiro atoms. The second kappa shape index (κ2) is 6.76. The van der Waals surface area contributed by atoms with E-state index in [1.54, 1.807) is 4.90 Å². The lowest BCUT2D eigenvalue weighted by atomic mass is 10.0. The van der Waals surface area contributed by atoms with Crippen LogP contribution in [0.1, 0.15) is 24.6 Å². The van der Waals surface area contributed by atoms with Gasteiger partial charge in [-0.05, 0) is 26.4 Å². The van der Waals surface area contributed by atoms with Gasteiger partial charge in [-0.15, -0.1) is 0 Å². The van der Waals surface area contributed by atoms with E-state index in [4.69, 9.17) is 0 Å². The maximum Gasteiger partial charge on any atom is 0.257 e. The van der Waals surface area contributed by atoms with E-state index in [0.717, 1.165) is 19.6 Å². The van der Waals surface area contributed by atoms with Crippen LogP contribution in [0.3, 0.4) is 0 Å². The fourth-order valence-corrected chi connectivity index (χ4v) is 3.47. The second-order valence-corrected chi connectivity index (χ2v) is 6.33. The Morgan fingerprint density at radius 2 is 2.14 bits per heavy atom. The number of carbonyl (C=O) groups excluding carboxylic acids is 1. The van der Waals surface area contributed by atoms with E-state index in [1.165, 1.54) is 31.9 Å². The number of H-pyrrole nitrogens is 1. The fraction of sp³-hybridized carbons (Fsp3) is 0.733. The molecule has 0 aromatic carbocycles. The van der Waals surface area contributed by atoms with Crippen molar-refractivity contribution in [2.24, 2.45) is 0 Å². The molecule has 0 saturated carbocycles. The number of hydrogen-bond acceptors (Lipinski definition) is 5. The van der Waals surface area contributed by atoms with E-state index in [0.29, 0.717) is 24.8 Å². The summed E-state index contributed by atoms with van der Waals surface area (Å²) in [7, 11) is 2.17. The molecule has 7 heteroatoms. The number of imidazole rings is 1. The summed E-state index contributed by atoms with van der Waals surface area (Å²) in [6.45, 7) is 5.45. The molecule has 22 heavy (non-hydrogen) atoms. The Kier molecular flexibility index (Phi) is 4.75. The molecular formula is C15H25N5O2. The van der Waals surface area contributed by atoms with Crippen LogP contribution in [0.4, 0.5) is 0 Å². The summed E-state index contributed by atoms with van der Waals surface area (Å²) in [6, 6.07) is 0.605. The summed E-state index contributed by atoms with van der Waals surface area (Å²) in [5, 5.41) is 10.1. The average molecular weight is 307 g/mol. The van der Waals surface area contributed by atoms with Gasteiger partial charge < -0.3 is 19.9 Å². The molecule has 2 saturated heterocycles. The first-order valence-corrected chi connectivity index (χ1v) is 8.03. The predicted octanol–water partition coefficient (Wildman–Crippen LogP) is -0.318. The van der Waals surface area contributed by atoms with Gasteiger partial charge in [-0.3, -0.25) is 9.69 Å². The highest BCUT2D eigenvalue weighted by molar-refractivity contribution is 5.81. The van der Waals surface area contributed by atoms with Gasteiger partial charge in [-0.25, -0.2) is 4.98 Å². The Hall–Kier alpha value is -1.44. The number of amides is 1. The minimum absolute atomic E-state index is 0.232. The van der Waals surface area contributed by atoms with Crippen LogP contribution in [0.2, 0.25) is 0 Å². The van der Waals surface area contributed by atoms with Crippen molar-refractivity contribution in [1.82, 2.24) is 24.7 Å². The standard InChI is InChI=1S/C15H25N5O2/c1-18-4-2-3-12(10-18)19-5-7-20(8-6-19)15(22)14(21)13-9-16-11-17-13/h9,11-12,14,21H,2-8,10H2,1H3,(H,16,17). The molecule has 3 heterocycles. The molecular weight excluding hydrogens is 282 g/mol. The van der Waals surface area contributed by atoms with Gasteiger partial charge in [0.25, 0.3) is 5.91 Å². The molecule has 2 unspecified atom stereocenters. The third-order valence-electron chi connectivity index (χ3n) is 4.79.